The summed E-state index contributed by atoms with van der Waals surface area (Å²) in [5.74, 6) is 0.896. The van der Waals surface area contributed by atoms with Gasteiger partial charge < -0.3 is 0 Å². The van der Waals surface area contributed by atoms with Crippen molar-refractivity contribution in [2.45, 2.75) is 45.4 Å². The van der Waals surface area contributed by atoms with Crippen LogP contribution in [0.4, 0.5) is 0 Å². The Morgan fingerprint density at radius 3 is 2.09 bits per heavy atom. The average molecular weight is 344 g/mol. The molecule has 3 nitrogen and oxygen atoms in total. The first-order valence-corrected chi connectivity index (χ1v) is 9.15. The van der Waals surface area contributed by atoms with Crippen molar-refractivity contribution < 1.29 is 13.0 Å². The number of fused-ring (bicyclic) bond motifs is 1. The van der Waals surface area contributed by atoms with Crippen molar-refractivity contribution >= 4 is 50.4 Å². The van der Waals surface area contributed by atoms with Gasteiger partial charge in [-0.1, -0.05) is 52.0 Å². The van der Waals surface area contributed by atoms with Crippen molar-refractivity contribution in [3.8, 4) is 0 Å². The fraction of sp³-hybridized carbons (Fsp3) is 0.444. The molecule has 0 saturated heterocycles. The van der Waals surface area contributed by atoms with Gasteiger partial charge in [0.1, 0.15) is 4.90 Å². The molecule has 0 saturated carbocycles. The molecule has 2 aromatic rings. The predicted octanol–water partition coefficient (Wildman–Crippen LogP) is 3.84. The van der Waals surface area contributed by atoms with Gasteiger partial charge in [0.2, 0.25) is 0 Å². The zero-order valence-electron chi connectivity index (χ0n) is 13.6. The molecule has 0 atom stereocenters. The summed E-state index contributed by atoms with van der Waals surface area (Å²) < 4.78 is 33.1. The monoisotopic (exact) mass is 344 g/mol. The average Bonchev–Trinajstić information content (AvgIpc) is 2.38. The van der Waals surface area contributed by atoms with Gasteiger partial charge in [0.25, 0.3) is 10.1 Å². The number of benzene rings is 2. The quantitative estimate of drug-likeness (QED) is 0.662. The zero-order valence-corrected chi connectivity index (χ0v) is 14.4. The van der Waals surface area contributed by atoms with Crippen molar-refractivity contribution in [3.05, 3.63) is 41.5 Å². The van der Waals surface area contributed by atoms with Crippen LogP contribution in [0, 0.1) is 11.8 Å². The van der Waals surface area contributed by atoms with E-state index in [4.69, 9.17) is 0 Å². The molecule has 0 aliphatic heterocycles. The summed E-state index contributed by atoms with van der Waals surface area (Å²) in [4.78, 5) is 0.0197. The van der Waals surface area contributed by atoms with E-state index in [2.05, 4.69) is 33.8 Å². The molecule has 0 heterocycles. The van der Waals surface area contributed by atoms with E-state index in [0.717, 1.165) is 23.8 Å². The van der Waals surface area contributed by atoms with E-state index < -0.39 is 10.1 Å². The van der Waals surface area contributed by atoms with Crippen LogP contribution in [0.25, 0.3) is 10.8 Å². The number of hydrogen-bond donors (Lipinski definition) is 1. The van der Waals surface area contributed by atoms with Crippen LogP contribution < -0.4 is 0 Å². The molecule has 5 heteroatoms. The van der Waals surface area contributed by atoms with E-state index in [-0.39, 0.29) is 34.5 Å². The first-order valence-electron chi connectivity index (χ1n) is 7.71. The predicted molar refractivity (Wildman–Crippen MR) is 98.0 cm³/mol. The Morgan fingerprint density at radius 1 is 0.957 bits per heavy atom. The van der Waals surface area contributed by atoms with Crippen LogP contribution in [0.3, 0.4) is 0 Å². The third kappa shape index (κ3) is 5.04. The van der Waals surface area contributed by atoms with Gasteiger partial charge in [-0.2, -0.15) is 8.42 Å². The zero-order chi connectivity index (χ0) is 16.5. The molecule has 0 unspecified atom stereocenters. The summed E-state index contributed by atoms with van der Waals surface area (Å²) in [5.41, 5.74) is 2.22. The molecule has 122 valence electrons. The fourth-order valence-corrected chi connectivity index (χ4v) is 3.70. The molecular weight excluding hydrogens is 319 g/mol. The molecular formula is C18H25NaO3S. The van der Waals surface area contributed by atoms with Crippen LogP contribution in [0.1, 0.15) is 38.8 Å². The summed E-state index contributed by atoms with van der Waals surface area (Å²) in [6.45, 7) is 8.54. The second-order valence-electron chi connectivity index (χ2n) is 6.73. The Kier molecular flexibility index (Phi) is 7.30. The third-order valence-electron chi connectivity index (χ3n) is 3.73. The van der Waals surface area contributed by atoms with E-state index in [1.165, 1.54) is 11.6 Å². The van der Waals surface area contributed by atoms with Gasteiger partial charge in [-0.15, -0.1) is 0 Å². The number of hydrogen-bond acceptors (Lipinski definition) is 2. The van der Waals surface area contributed by atoms with Crippen LogP contribution in [0.2, 0.25) is 0 Å². The van der Waals surface area contributed by atoms with E-state index in [9.17, 15) is 13.0 Å². The first kappa shape index (κ1) is 20.7. The van der Waals surface area contributed by atoms with E-state index in [1.807, 2.05) is 12.1 Å². The molecule has 0 bridgehead atoms. The Morgan fingerprint density at radius 2 is 1.57 bits per heavy atom. The van der Waals surface area contributed by atoms with Gasteiger partial charge in [0, 0.05) is 5.39 Å². The molecule has 2 rings (SSSR count). The molecule has 0 aliphatic carbocycles. The van der Waals surface area contributed by atoms with Crippen molar-refractivity contribution in [2.75, 3.05) is 0 Å². The van der Waals surface area contributed by atoms with Crippen molar-refractivity contribution in [1.29, 1.82) is 0 Å². The van der Waals surface area contributed by atoms with Crippen LogP contribution >= 0.6 is 0 Å². The second-order valence-corrected chi connectivity index (χ2v) is 8.12. The SMILES string of the molecule is CC(C)Cc1ccc2cccc(S(=O)(=O)O)c2c1CC(C)C.[NaH]. The van der Waals surface area contributed by atoms with E-state index >= 15 is 0 Å². The minimum absolute atomic E-state index is 0. The van der Waals surface area contributed by atoms with Gasteiger partial charge in [0.15, 0.2) is 0 Å². The van der Waals surface area contributed by atoms with Gasteiger partial charge in [0.05, 0.1) is 0 Å². The molecule has 0 radical (unpaired) electrons. The van der Waals surface area contributed by atoms with Gasteiger partial charge in [-0.05, 0) is 47.3 Å². The van der Waals surface area contributed by atoms with Gasteiger partial charge >= 0.3 is 29.6 Å². The summed E-state index contributed by atoms with van der Waals surface area (Å²) in [6, 6.07) is 9.10. The fourth-order valence-electron chi connectivity index (χ4n) is 2.95. The first-order chi connectivity index (χ1) is 10.2. The number of rotatable bonds is 5. The Hall–Kier alpha value is -0.390. The standard InChI is InChI=1S/C18H24O3S.Na.H/c1-12(2)10-15-9-8-14-6-5-7-17(22(19,20)21)18(14)16(15)11-13(3)4;;/h5-9,12-13H,10-11H2,1-4H3,(H,19,20,21);;. The van der Waals surface area contributed by atoms with E-state index in [0.29, 0.717) is 17.2 Å². The maximum atomic E-state index is 11.8. The van der Waals surface area contributed by atoms with Crippen LogP contribution in [0.5, 0.6) is 0 Å². The Balaban J connectivity index is 0.00000264. The van der Waals surface area contributed by atoms with Crippen LogP contribution in [0.15, 0.2) is 35.2 Å². The topological polar surface area (TPSA) is 54.4 Å². The third-order valence-corrected chi connectivity index (χ3v) is 4.63. The second kappa shape index (κ2) is 8.13. The Labute approximate surface area is 161 Å². The molecule has 0 fully saturated rings. The Bertz CT molecular complexity index is 780. The normalized spacial score (nSPS) is 12.0. The minimum atomic E-state index is -4.23. The van der Waals surface area contributed by atoms with Gasteiger partial charge in [-0.25, -0.2) is 0 Å². The molecule has 23 heavy (non-hydrogen) atoms. The van der Waals surface area contributed by atoms with Crippen LogP contribution in [-0.2, 0) is 23.0 Å². The molecule has 0 amide bonds. The summed E-state index contributed by atoms with van der Waals surface area (Å²) in [6.07, 6.45) is 1.70. The molecule has 0 aliphatic rings. The summed E-state index contributed by atoms with van der Waals surface area (Å²) in [5, 5.41) is 1.54. The van der Waals surface area contributed by atoms with Gasteiger partial charge in [-0.3, -0.25) is 4.55 Å². The molecule has 0 aromatic heterocycles. The van der Waals surface area contributed by atoms with Crippen molar-refractivity contribution in [2.24, 2.45) is 11.8 Å². The maximum absolute atomic E-state index is 11.8. The van der Waals surface area contributed by atoms with Crippen molar-refractivity contribution in [1.82, 2.24) is 0 Å². The summed E-state index contributed by atoms with van der Waals surface area (Å²) >= 11 is 0. The van der Waals surface area contributed by atoms with Crippen molar-refractivity contribution in [3.63, 3.8) is 0 Å². The van der Waals surface area contributed by atoms with Crippen LogP contribution in [-0.4, -0.2) is 42.5 Å². The molecule has 2 aromatic carbocycles. The van der Waals surface area contributed by atoms with E-state index in [1.54, 1.807) is 6.07 Å². The summed E-state index contributed by atoms with van der Waals surface area (Å²) in [7, 11) is -4.23. The molecule has 0 spiro atoms. The molecule has 1 N–H and O–H groups in total.